The topological polar surface area (TPSA) is 97.2 Å². The third-order valence-corrected chi connectivity index (χ3v) is 5.76. The molecule has 27 heavy (non-hydrogen) atoms. The monoisotopic (exact) mass is 373 g/mol. The first-order chi connectivity index (χ1) is 13.0. The van der Waals surface area contributed by atoms with Crippen LogP contribution in [0.4, 0.5) is 5.69 Å². The minimum atomic E-state index is -0.0402. The number of hydrogen-bond donors (Lipinski definition) is 2. The van der Waals surface area contributed by atoms with Crippen molar-refractivity contribution in [3.05, 3.63) is 23.8 Å². The first kappa shape index (κ1) is 19.5. The van der Waals surface area contributed by atoms with Crippen LogP contribution >= 0.6 is 0 Å². The van der Waals surface area contributed by atoms with E-state index in [0.717, 1.165) is 31.8 Å². The molecule has 2 fully saturated rings. The number of ether oxygens (including phenoxy) is 1. The molecule has 0 spiro atoms. The third kappa shape index (κ3) is 4.71. The van der Waals surface area contributed by atoms with Gasteiger partial charge in [0, 0.05) is 24.7 Å². The average Bonchev–Trinajstić information content (AvgIpc) is 2.68. The summed E-state index contributed by atoms with van der Waals surface area (Å²) in [6, 6.07) is 5.79. The number of amides is 1. The smallest absolute Gasteiger partial charge is 0.253 e. The first-order valence-electron chi connectivity index (χ1n) is 9.79. The highest BCUT2D eigenvalue weighted by Crippen LogP contribution is 2.29. The second kappa shape index (κ2) is 8.61. The Kier molecular flexibility index (Phi) is 6.21. The molecule has 3 rings (SSSR count). The van der Waals surface area contributed by atoms with Gasteiger partial charge in [-0.2, -0.15) is 0 Å². The van der Waals surface area contributed by atoms with Crippen LogP contribution in [0.1, 0.15) is 43.0 Å². The number of piperidine rings is 2. The average molecular weight is 374 g/mol. The number of carbonyl (C=O) groups is 1. The van der Waals surface area contributed by atoms with Gasteiger partial charge >= 0.3 is 0 Å². The van der Waals surface area contributed by atoms with Gasteiger partial charge < -0.3 is 26.0 Å². The minimum Gasteiger partial charge on any atom is -0.494 e. The van der Waals surface area contributed by atoms with E-state index in [9.17, 15) is 4.79 Å². The predicted molar refractivity (Wildman–Crippen MR) is 107 cm³/mol. The SMILES string of the molecule is COc1cc(C(=O)N2CCC(N3CCC(C)CC3)CC2)ccc1N=C(N)N. The van der Waals surface area contributed by atoms with Crippen molar-refractivity contribution in [2.75, 3.05) is 33.3 Å². The summed E-state index contributed by atoms with van der Waals surface area (Å²) in [4.78, 5) is 21.5. The normalized spacial score (nSPS) is 19.7. The molecule has 0 aromatic heterocycles. The standard InChI is InChI=1S/C20H31N5O2/c1-14-5-9-24(10-6-14)16-7-11-25(12-8-16)19(26)15-3-4-17(23-20(21)22)18(13-15)27-2/h3-4,13-14,16H,5-12H2,1-2H3,(H4,21,22,23). The summed E-state index contributed by atoms with van der Waals surface area (Å²) < 4.78 is 5.33. The fraction of sp³-hybridized carbons (Fsp3) is 0.600. The minimum absolute atomic E-state index is 0.0373. The Labute approximate surface area is 161 Å². The molecule has 2 aliphatic heterocycles. The van der Waals surface area contributed by atoms with Gasteiger partial charge in [0.05, 0.1) is 7.11 Å². The summed E-state index contributed by atoms with van der Waals surface area (Å²) in [5.74, 6) is 1.34. The zero-order valence-electron chi connectivity index (χ0n) is 16.4. The Morgan fingerprint density at radius 3 is 2.37 bits per heavy atom. The van der Waals surface area contributed by atoms with E-state index in [2.05, 4.69) is 16.8 Å². The lowest BCUT2D eigenvalue weighted by Crippen LogP contribution is -2.48. The Bertz CT molecular complexity index is 686. The summed E-state index contributed by atoms with van der Waals surface area (Å²) in [5, 5.41) is 0. The first-order valence-corrected chi connectivity index (χ1v) is 9.79. The molecule has 0 unspecified atom stereocenters. The lowest BCUT2D eigenvalue weighted by Gasteiger charge is -2.41. The molecule has 0 aliphatic carbocycles. The van der Waals surface area contributed by atoms with Gasteiger partial charge in [0.2, 0.25) is 0 Å². The van der Waals surface area contributed by atoms with Gasteiger partial charge in [0.25, 0.3) is 5.91 Å². The lowest BCUT2D eigenvalue weighted by molar-refractivity contribution is 0.0560. The Morgan fingerprint density at radius 2 is 1.78 bits per heavy atom. The number of likely N-dealkylation sites (tertiary alicyclic amines) is 2. The molecule has 1 aromatic carbocycles. The number of aliphatic imine (C=N–C) groups is 1. The number of nitrogens with zero attached hydrogens (tertiary/aromatic N) is 3. The molecule has 0 saturated carbocycles. The van der Waals surface area contributed by atoms with Crippen molar-refractivity contribution in [1.29, 1.82) is 0 Å². The molecule has 1 aromatic rings. The van der Waals surface area contributed by atoms with E-state index in [4.69, 9.17) is 16.2 Å². The second-order valence-corrected chi connectivity index (χ2v) is 7.67. The molecule has 2 heterocycles. The van der Waals surface area contributed by atoms with Crippen LogP contribution < -0.4 is 16.2 Å². The van der Waals surface area contributed by atoms with Gasteiger partial charge in [-0.05, 0) is 62.9 Å². The molecular formula is C20H31N5O2. The Morgan fingerprint density at radius 1 is 1.11 bits per heavy atom. The van der Waals surface area contributed by atoms with Gasteiger partial charge in [-0.3, -0.25) is 4.79 Å². The summed E-state index contributed by atoms with van der Waals surface area (Å²) in [5.41, 5.74) is 12.0. The molecule has 0 atom stereocenters. The van der Waals surface area contributed by atoms with Crippen LogP contribution in [-0.4, -0.2) is 61.0 Å². The van der Waals surface area contributed by atoms with Crippen LogP contribution in [-0.2, 0) is 0 Å². The van der Waals surface area contributed by atoms with Crippen LogP contribution in [0.2, 0.25) is 0 Å². The zero-order valence-corrected chi connectivity index (χ0v) is 16.4. The number of rotatable bonds is 4. The highest BCUT2D eigenvalue weighted by molar-refractivity contribution is 5.95. The van der Waals surface area contributed by atoms with Crippen LogP contribution in [0.5, 0.6) is 5.75 Å². The molecule has 2 saturated heterocycles. The number of carbonyl (C=O) groups excluding carboxylic acids is 1. The molecule has 148 valence electrons. The maximum atomic E-state index is 12.9. The van der Waals surface area contributed by atoms with E-state index in [1.54, 1.807) is 25.3 Å². The molecule has 1 amide bonds. The van der Waals surface area contributed by atoms with E-state index in [1.165, 1.54) is 25.9 Å². The zero-order chi connectivity index (χ0) is 19.4. The van der Waals surface area contributed by atoms with E-state index < -0.39 is 0 Å². The van der Waals surface area contributed by atoms with E-state index >= 15 is 0 Å². The van der Waals surface area contributed by atoms with Crippen LogP contribution in [0.25, 0.3) is 0 Å². The van der Waals surface area contributed by atoms with Gasteiger partial charge in [0.15, 0.2) is 5.96 Å². The van der Waals surface area contributed by atoms with Crippen molar-refractivity contribution in [2.24, 2.45) is 22.4 Å². The summed E-state index contributed by atoms with van der Waals surface area (Å²) in [6.07, 6.45) is 4.68. The van der Waals surface area contributed by atoms with Gasteiger partial charge in [-0.25, -0.2) is 4.99 Å². The molecular weight excluding hydrogens is 342 g/mol. The van der Waals surface area contributed by atoms with Crippen molar-refractivity contribution in [3.63, 3.8) is 0 Å². The Hall–Kier alpha value is -2.28. The highest BCUT2D eigenvalue weighted by atomic mass is 16.5. The van der Waals surface area contributed by atoms with Crippen LogP contribution in [0.3, 0.4) is 0 Å². The molecule has 0 radical (unpaired) electrons. The fourth-order valence-corrected chi connectivity index (χ4v) is 4.05. The number of guanidine groups is 1. The second-order valence-electron chi connectivity index (χ2n) is 7.67. The molecule has 7 nitrogen and oxygen atoms in total. The maximum absolute atomic E-state index is 12.9. The van der Waals surface area contributed by atoms with E-state index in [-0.39, 0.29) is 11.9 Å². The maximum Gasteiger partial charge on any atom is 0.253 e. The molecule has 0 bridgehead atoms. The van der Waals surface area contributed by atoms with Crippen molar-refractivity contribution < 1.29 is 9.53 Å². The van der Waals surface area contributed by atoms with Crippen molar-refractivity contribution in [3.8, 4) is 5.75 Å². The van der Waals surface area contributed by atoms with Crippen molar-refractivity contribution in [1.82, 2.24) is 9.80 Å². The van der Waals surface area contributed by atoms with Gasteiger partial charge in [-0.1, -0.05) is 6.92 Å². The van der Waals surface area contributed by atoms with Gasteiger partial charge in [0.1, 0.15) is 11.4 Å². The number of methoxy groups -OCH3 is 1. The summed E-state index contributed by atoms with van der Waals surface area (Å²) in [6.45, 7) is 6.33. The number of benzene rings is 1. The van der Waals surface area contributed by atoms with Crippen molar-refractivity contribution >= 4 is 17.6 Å². The summed E-state index contributed by atoms with van der Waals surface area (Å²) >= 11 is 0. The predicted octanol–water partition coefficient (Wildman–Crippen LogP) is 1.94. The lowest BCUT2D eigenvalue weighted by atomic mass is 9.94. The van der Waals surface area contributed by atoms with Gasteiger partial charge in [-0.15, -0.1) is 0 Å². The quantitative estimate of drug-likeness (QED) is 0.621. The summed E-state index contributed by atoms with van der Waals surface area (Å²) in [7, 11) is 1.54. The van der Waals surface area contributed by atoms with E-state index in [0.29, 0.717) is 23.0 Å². The third-order valence-electron chi connectivity index (χ3n) is 5.76. The molecule has 7 heteroatoms. The highest BCUT2D eigenvalue weighted by Gasteiger charge is 2.29. The number of hydrogen-bond acceptors (Lipinski definition) is 4. The van der Waals surface area contributed by atoms with Crippen LogP contribution in [0, 0.1) is 5.92 Å². The molecule has 4 N–H and O–H groups in total. The Balaban J connectivity index is 1.61. The van der Waals surface area contributed by atoms with E-state index in [1.807, 2.05) is 4.90 Å². The molecule has 2 aliphatic rings. The number of nitrogens with two attached hydrogens (primary N) is 2. The van der Waals surface area contributed by atoms with Crippen molar-refractivity contribution in [2.45, 2.75) is 38.6 Å². The largest absolute Gasteiger partial charge is 0.494 e. The van der Waals surface area contributed by atoms with Crippen LogP contribution in [0.15, 0.2) is 23.2 Å². The fourth-order valence-electron chi connectivity index (χ4n) is 4.05.